The number of aldehydes is 1. The summed E-state index contributed by atoms with van der Waals surface area (Å²) in [5.41, 5.74) is 4.82. The highest BCUT2D eigenvalue weighted by molar-refractivity contribution is 5.89. The normalized spacial score (nSPS) is 14.3. The lowest BCUT2D eigenvalue weighted by molar-refractivity contribution is 0.112. The first-order chi connectivity index (χ1) is 12.2. The molecule has 0 bridgehead atoms. The van der Waals surface area contributed by atoms with Crippen molar-refractivity contribution in [2.75, 3.05) is 13.7 Å². The van der Waals surface area contributed by atoms with Gasteiger partial charge in [0.1, 0.15) is 12.0 Å². The van der Waals surface area contributed by atoms with E-state index in [1.54, 1.807) is 7.11 Å². The summed E-state index contributed by atoms with van der Waals surface area (Å²) in [6.07, 6.45) is 1.95. The highest BCUT2D eigenvalue weighted by atomic mass is 16.5. The maximum Gasteiger partial charge on any atom is 0.150 e. The molecule has 3 aromatic rings. The summed E-state index contributed by atoms with van der Waals surface area (Å²) in [6, 6.07) is 18.7. The largest absolute Gasteiger partial charge is 0.497 e. The molecule has 0 atom stereocenters. The average molecular weight is 331 g/mol. The van der Waals surface area contributed by atoms with E-state index in [-0.39, 0.29) is 0 Å². The van der Waals surface area contributed by atoms with Crippen LogP contribution >= 0.6 is 0 Å². The van der Waals surface area contributed by atoms with E-state index in [9.17, 15) is 4.79 Å². The molecule has 0 fully saturated rings. The monoisotopic (exact) mass is 331 g/mol. The fourth-order valence-electron chi connectivity index (χ4n) is 3.59. The van der Waals surface area contributed by atoms with Crippen LogP contribution in [0.15, 0.2) is 54.6 Å². The topological polar surface area (TPSA) is 29.5 Å². The lowest BCUT2D eigenvalue weighted by Crippen LogP contribution is -2.30. The van der Waals surface area contributed by atoms with Crippen LogP contribution < -0.4 is 4.74 Å². The third kappa shape index (κ3) is 3.28. The van der Waals surface area contributed by atoms with E-state index in [1.807, 2.05) is 24.3 Å². The van der Waals surface area contributed by atoms with E-state index >= 15 is 0 Å². The maximum absolute atomic E-state index is 10.9. The van der Waals surface area contributed by atoms with Gasteiger partial charge in [0.2, 0.25) is 0 Å². The van der Waals surface area contributed by atoms with Gasteiger partial charge in [-0.15, -0.1) is 0 Å². The van der Waals surface area contributed by atoms with Gasteiger partial charge in [0.15, 0.2) is 0 Å². The van der Waals surface area contributed by atoms with E-state index in [2.05, 4.69) is 35.2 Å². The molecule has 0 saturated heterocycles. The van der Waals surface area contributed by atoms with Crippen molar-refractivity contribution in [2.24, 2.45) is 0 Å². The zero-order valence-corrected chi connectivity index (χ0v) is 14.4. The summed E-state index contributed by atoms with van der Waals surface area (Å²) in [6.45, 7) is 2.97. The standard InChI is InChI=1S/C22H21NO2/c1-25-22-7-6-21-14-23(9-8-20(21)12-22)13-16-2-4-19-11-17(15-24)3-5-18(19)10-16/h2-7,10-12,15H,8-9,13-14H2,1H3. The Hall–Kier alpha value is -2.65. The number of hydrogen-bond acceptors (Lipinski definition) is 3. The molecule has 1 heterocycles. The maximum atomic E-state index is 10.9. The fraction of sp³-hybridized carbons (Fsp3) is 0.227. The van der Waals surface area contributed by atoms with Crippen LogP contribution in [-0.4, -0.2) is 24.8 Å². The van der Waals surface area contributed by atoms with Gasteiger partial charge in [0, 0.05) is 25.2 Å². The minimum atomic E-state index is 0.725. The first-order valence-electron chi connectivity index (χ1n) is 8.61. The summed E-state index contributed by atoms with van der Waals surface area (Å²) in [5.74, 6) is 0.941. The molecular weight excluding hydrogens is 310 g/mol. The third-order valence-electron chi connectivity index (χ3n) is 4.98. The molecule has 0 radical (unpaired) electrons. The van der Waals surface area contributed by atoms with Gasteiger partial charge in [-0.3, -0.25) is 9.69 Å². The van der Waals surface area contributed by atoms with Gasteiger partial charge >= 0.3 is 0 Å². The van der Waals surface area contributed by atoms with Crippen molar-refractivity contribution in [3.8, 4) is 5.75 Å². The molecule has 0 aliphatic carbocycles. The van der Waals surface area contributed by atoms with Crippen LogP contribution in [0.25, 0.3) is 10.8 Å². The molecule has 126 valence electrons. The molecule has 0 N–H and O–H groups in total. The number of nitrogens with zero attached hydrogens (tertiary/aromatic N) is 1. The predicted molar refractivity (Wildman–Crippen MR) is 100 cm³/mol. The van der Waals surface area contributed by atoms with Crippen molar-refractivity contribution >= 4 is 17.1 Å². The Bertz CT molecular complexity index is 932. The predicted octanol–water partition coefficient (Wildman–Crippen LogP) is 4.22. The van der Waals surface area contributed by atoms with Crippen molar-refractivity contribution in [2.45, 2.75) is 19.5 Å². The Morgan fingerprint density at radius 3 is 2.68 bits per heavy atom. The third-order valence-corrected chi connectivity index (χ3v) is 4.98. The summed E-state index contributed by atoms with van der Waals surface area (Å²) in [4.78, 5) is 13.4. The minimum absolute atomic E-state index is 0.725. The van der Waals surface area contributed by atoms with Gasteiger partial charge in [-0.1, -0.05) is 30.3 Å². The van der Waals surface area contributed by atoms with Gasteiger partial charge < -0.3 is 4.74 Å². The highest BCUT2D eigenvalue weighted by Gasteiger charge is 2.17. The molecular formula is C22H21NO2. The van der Waals surface area contributed by atoms with Crippen LogP contribution in [0.4, 0.5) is 0 Å². The van der Waals surface area contributed by atoms with Gasteiger partial charge in [-0.25, -0.2) is 0 Å². The minimum Gasteiger partial charge on any atom is -0.497 e. The number of ether oxygens (including phenoxy) is 1. The van der Waals surface area contributed by atoms with Crippen LogP contribution in [0.1, 0.15) is 27.0 Å². The van der Waals surface area contributed by atoms with Gasteiger partial charge in [-0.05, 0) is 58.1 Å². The van der Waals surface area contributed by atoms with Crippen molar-refractivity contribution in [3.05, 3.63) is 76.9 Å². The molecule has 0 saturated carbocycles. The van der Waals surface area contributed by atoms with Gasteiger partial charge in [-0.2, -0.15) is 0 Å². The summed E-state index contributed by atoms with van der Waals surface area (Å²) in [7, 11) is 1.72. The second-order valence-corrected chi connectivity index (χ2v) is 6.65. The van der Waals surface area contributed by atoms with Crippen LogP contribution in [0.2, 0.25) is 0 Å². The summed E-state index contributed by atoms with van der Waals surface area (Å²) >= 11 is 0. The van der Waals surface area contributed by atoms with Crippen molar-refractivity contribution in [1.82, 2.24) is 4.90 Å². The van der Waals surface area contributed by atoms with E-state index in [0.717, 1.165) is 49.0 Å². The average Bonchev–Trinajstić information content (AvgIpc) is 2.67. The molecule has 0 spiro atoms. The molecule has 3 nitrogen and oxygen atoms in total. The Morgan fingerprint density at radius 1 is 1.00 bits per heavy atom. The van der Waals surface area contributed by atoms with Crippen molar-refractivity contribution in [1.29, 1.82) is 0 Å². The van der Waals surface area contributed by atoms with E-state index in [0.29, 0.717) is 0 Å². The molecule has 0 amide bonds. The summed E-state index contributed by atoms with van der Waals surface area (Å²) < 4.78 is 5.32. The van der Waals surface area contributed by atoms with Crippen molar-refractivity contribution < 1.29 is 9.53 Å². The number of fused-ring (bicyclic) bond motifs is 2. The highest BCUT2D eigenvalue weighted by Crippen LogP contribution is 2.25. The van der Waals surface area contributed by atoms with E-state index in [1.165, 1.54) is 22.1 Å². The lowest BCUT2D eigenvalue weighted by atomic mass is 9.98. The zero-order chi connectivity index (χ0) is 17.2. The molecule has 0 unspecified atom stereocenters. The molecule has 1 aliphatic heterocycles. The molecule has 25 heavy (non-hydrogen) atoms. The number of carbonyl (C=O) groups is 1. The van der Waals surface area contributed by atoms with Crippen LogP contribution in [0.3, 0.4) is 0 Å². The number of rotatable bonds is 4. The quantitative estimate of drug-likeness (QED) is 0.671. The SMILES string of the molecule is COc1ccc2c(c1)CCN(Cc1ccc3cc(C=O)ccc3c1)C2. The zero-order valence-electron chi connectivity index (χ0n) is 14.4. The number of benzene rings is 3. The lowest BCUT2D eigenvalue weighted by Gasteiger charge is -2.29. The number of hydrogen-bond donors (Lipinski definition) is 0. The van der Waals surface area contributed by atoms with E-state index in [4.69, 9.17) is 4.74 Å². The molecule has 1 aliphatic rings. The van der Waals surface area contributed by atoms with Crippen LogP contribution in [-0.2, 0) is 19.5 Å². The Labute approximate surface area is 147 Å². The Morgan fingerprint density at radius 2 is 1.84 bits per heavy atom. The van der Waals surface area contributed by atoms with Gasteiger partial charge in [0.25, 0.3) is 0 Å². The Kier molecular flexibility index (Phi) is 4.24. The van der Waals surface area contributed by atoms with Crippen LogP contribution in [0.5, 0.6) is 5.75 Å². The molecule has 0 aromatic heterocycles. The van der Waals surface area contributed by atoms with E-state index < -0.39 is 0 Å². The molecule has 3 heteroatoms. The fourth-order valence-corrected chi connectivity index (χ4v) is 3.59. The van der Waals surface area contributed by atoms with Crippen LogP contribution in [0, 0.1) is 0 Å². The Balaban J connectivity index is 1.52. The smallest absolute Gasteiger partial charge is 0.150 e. The first-order valence-corrected chi connectivity index (χ1v) is 8.61. The molecule has 4 rings (SSSR count). The first kappa shape index (κ1) is 15.9. The second kappa shape index (κ2) is 6.69. The number of carbonyl (C=O) groups excluding carboxylic acids is 1. The second-order valence-electron chi connectivity index (χ2n) is 6.65. The summed E-state index contributed by atoms with van der Waals surface area (Å²) in [5, 5.41) is 2.30. The van der Waals surface area contributed by atoms with Crippen molar-refractivity contribution in [3.63, 3.8) is 0 Å². The van der Waals surface area contributed by atoms with Gasteiger partial charge in [0.05, 0.1) is 7.11 Å². The molecule has 3 aromatic carbocycles. The number of methoxy groups -OCH3 is 1.